The van der Waals surface area contributed by atoms with Crippen LogP contribution in [0.25, 0.3) is 64.8 Å². The van der Waals surface area contributed by atoms with Gasteiger partial charge in [-0.1, -0.05) is 0 Å². The number of fused-ring (bicyclic) bond motifs is 7. The van der Waals surface area contributed by atoms with Crippen molar-refractivity contribution >= 4 is 82.4 Å². The summed E-state index contributed by atoms with van der Waals surface area (Å²) in [6.07, 6.45) is 1.99. The minimum absolute atomic E-state index is 1.12. The summed E-state index contributed by atoms with van der Waals surface area (Å²) in [6.45, 7) is 0. The Labute approximate surface area is 189 Å². The molecule has 0 aliphatic heterocycles. The Balaban J connectivity index is 1.81. The number of aromatic nitrogens is 1. The van der Waals surface area contributed by atoms with Crippen LogP contribution in [0.5, 0.6) is 0 Å². The molecule has 0 N–H and O–H groups in total. The van der Waals surface area contributed by atoms with Crippen molar-refractivity contribution in [3.8, 4) is 0 Å². The third-order valence-electron chi connectivity index (χ3n) is 7.16. The molecule has 1 heterocycles. The van der Waals surface area contributed by atoms with Crippen molar-refractivity contribution in [1.29, 1.82) is 0 Å². The summed E-state index contributed by atoms with van der Waals surface area (Å²) < 4.78 is 1.56. The van der Waals surface area contributed by atoms with Crippen LogP contribution < -0.4 is 4.40 Å². The fourth-order valence-corrected chi connectivity index (χ4v) is 7.98. The third-order valence-corrected chi connectivity index (χ3v) is 11.4. The summed E-state index contributed by atoms with van der Waals surface area (Å²) in [6, 6.07) is 29.6. The van der Waals surface area contributed by atoms with Gasteiger partial charge in [0, 0.05) is 0 Å². The van der Waals surface area contributed by atoms with Crippen molar-refractivity contribution in [2.24, 2.45) is 0 Å². The van der Waals surface area contributed by atoms with Crippen LogP contribution in [0, 0.1) is 0 Å². The maximum absolute atomic E-state index is 4.94. The Bertz CT molecular complexity index is 1860. The van der Waals surface area contributed by atoms with Gasteiger partial charge in [0.2, 0.25) is 0 Å². The van der Waals surface area contributed by atoms with Crippen LogP contribution in [0.2, 0.25) is 17.3 Å². The molecule has 6 aromatic carbocycles. The fourth-order valence-electron chi connectivity index (χ4n) is 5.54. The van der Waals surface area contributed by atoms with Gasteiger partial charge in [-0.2, -0.15) is 0 Å². The van der Waals surface area contributed by atoms with Gasteiger partial charge in [-0.25, -0.2) is 0 Å². The van der Waals surface area contributed by atoms with E-state index in [2.05, 4.69) is 96.1 Å². The Morgan fingerprint density at radius 2 is 1.19 bits per heavy atom. The predicted octanol–water partition coefficient (Wildman–Crippen LogP) is 7.98. The molecule has 0 bridgehead atoms. The van der Waals surface area contributed by atoms with Crippen molar-refractivity contribution in [2.75, 3.05) is 0 Å². The molecule has 0 unspecified atom stereocenters. The molecule has 7 rings (SSSR count). The molecule has 2 heteroatoms. The normalized spacial score (nSPS) is 12.8. The first kappa shape index (κ1) is 18.4. The van der Waals surface area contributed by atoms with Gasteiger partial charge in [0.15, 0.2) is 0 Å². The Morgan fingerprint density at radius 3 is 1.91 bits per heavy atom. The topological polar surface area (TPSA) is 12.9 Å². The van der Waals surface area contributed by atoms with Crippen molar-refractivity contribution in [1.82, 2.24) is 4.98 Å². The molecule has 1 aromatic heterocycles. The van der Waals surface area contributed by atoms with Crippen LogP contribution in [0.15, 0.2) is 85.1 Å². The fraction of sp³-hybridized carbons (Fsp3) is 0.100. The first-order chi connectivity index (χ1) is 15.5. The zero-order valence-electron chi connectivity index (χ0n) is 18.5. The average molecular weight is 470 g/mol. The van der Waals surface area contributed by atoms with Crippen molar-refractivity contribution in [3.63, 3.8) is 0 Å². The van der Waals surface area contributed by atoms with E-state index in [1.54, 1.807) is 4.40 Å². The molecule has 0 aliphatic carbocycles. The van der Waals surface area contributed by atoms with E-state index in [1.807, 2.05) is 6.20 Å². The Kier molecular flexibility index (Phi) is 3.57. The Morgan fingerprint density at radius 1 is 0.531 bits per heavy atom. The number of pyridine rings is 1. The molecular formula is C30H23GeN. The molecule has 0 spiro atoms. The first-order valence-corrected chi connectivity index (χ1v) is 18.7. The number of rotatable bonds is 1. The van der Waals surface area contributed by atoms with E-state index in [4.69, 9.17) is 4.98 Å². The number of benzene rings is 6. The van der Waals surface area contributed by atoms with Gasteiger partial charge >= 0.3 is 190 Å². The molecule has 0 atom stereocenters. The molecular weight excluding hydrogens is 447 g/mol. The van der Waals surface area contributed by atoms with E-state index in [-0.39, 0.29) is 0 Å². The van der Waals surface area contributed by atoms with Crippen LogP contribution in [0.1, 0.15) is 0 Å². The van der Waals surface area contributed by atoms with Crippen LogP contribution in [-0.2, 0) is 0 Å². The SMILES string of the molecule is [CH3][Ge]([CH3])([CH3])[c]1ccc2c(c1)c1cccc3c4cc5ccccc5cc4c4nccc2c4c13. The van der Waals surface area contributed by atoms with E-state index >= 15 is 0 Å². The Hall–Kier alpha value is -3.17. The molecule has 0 fully saturated rings. The minimum atomic E-state index is -1.95. The molecule has 0 amide bonds. The summed E-state index contributed by atoms with van der Waals surface area (Å²) in [7, 11) is 0. The van der Waals surface area contributed by atoms with Crippen molar-refractivity contribution < 1.29 is 0 Å². The van der Waals surface area contributed by atoms with Crippen LogP contribution in [-0.4, -0.2) is 18.3 Å². The van der Waals surface area contributed by atoms with Gasteiger partial charge in [0.05, 0.1) is 0 Å². The summed E-state index contributed by atoms with van der Waals surface area (Å²) in [4.78, 5) is 4.94. The van der Waals surface area contributed by atoms with Gasteiger partial charge < -0.3 is 0 Å². The zero-order chi connectivity index (χ0) is 21.6. The molecule has 0 aliphatic rings. The number of nitrogens with zero attached hydrogens (tertiary/aromatic N) is 1. The molecule has 0 saturated heterocycles. The van der Waals surface area contributed by atoms with Gasteiger partial charge in [-0.05, 0) is 0 Å². The second kappa shape index (κ2) is 6.20. The molecule has 152 valence electrons. The molecule has 7 aromatic rings. The molecule has 0 saturated carbocycles. The summed E-state index contributed by atoms with van der Waals surface area (Å²) in [5, 5.41) is 14.5. The molecule has 32 heavy (non-hydrogen) atoms. The van der Waals surface area contributed by atoms with Gasteiger partial charge in [-0.3, -0.25) is 0 Å². The number of hydrogen-bond donors (Lipinski definition) is 0. The van der Waals surface area contributed by atoms with E-state index in [0.29, 0.717) is 0 Å². The van der Waals surface area contributed by atoms with Crippen LogP contribution >= 0.6 is 0 Å². The van der Waals surface area contributed by atoms with E-state index in [9.17, 15) is 0 Å². The van der Waals surface area contributed by atoms with Gasteiger partial charge in [0.1, 0.15) is 0 Å². The van der Waals surface area contributed by atoms with Crippen LogP contribution in [0.3, 0.4) is 0 Å². The maximum atomic E-state index is 4.94. The van der Waals surface area contributed by atoms with Crippen LogP contribution in [0.4, 0.5) is 0 Å². The molecule has 1 nitrogen and oxygen atoms in total. The van der Waals surface area contributed by atoms with Crippen molar-refractivity contribution in [2.45, 2.75) is 17.3 Å². The van der Waals surface area contributed by atoms with Crippen molar-refractivity contribution in [3.05, 3.63) is 85.1 Å². The zero-order valence-corrected chi connectivity index (χ0v) is 20.6. The second-order valence-electron chi connectivity index (χ2n) is 10.1. The van der Waals surface area contributed by atoms with E-state index in [0.717, 1.165) is 5.52 Å². The van der Waals surface area contributed by atoms with Gasteiger partial charge in [-0.15, -0.1) is 0 Å². The van der Waals surface area contributed by atoms with E-state index in [1.165, 1.54) is 59.2 Å². The summed E-state index contributed by atoms with van der Waals surface area (Å²) in [5.41, 5.74) is 1.12. The quantitative estimate of drug-likeness (QED) is 0.135. The summed E-state index contributed by atoms with van der Waals surface area (Å²) >= 11 is -1.95. The average Bonchev–Trinajstić information content (AvgIpc) is 2.81. The third kappa shape index (κ3) is 2.37. The van der Waals surface area contributed by atoms with Gasteiger partial charge in [0.25, 0.3) is 0 Å². The van der Waals surface area contributed by atoms with E-state index < -0.39 is 13.3 Å². The number of hydrogen-bond acceptors (Lipinski definition) is 1. The predicted molar refractivity (Wildman–Crippen MR) is 143 cm³/mol. The first-order valence-electron chi connectivity index (χ1n) is 11.3. The summed E-state index contributed by atoms with van der Waals surface area (Å²) in [5.74, 6) is 7.42. The second-order valence-corrected chi connectivity index (χ2v) is 20.7. The standard InChI is InChI=1S/C30H23GeN/c1-31(2,3)20-11-12-21-24-13-14-32-30-27-16-19-8-5-4-7-18(19)15-25(27)22-9-6-10-23(26(21)17-20)28(22)29(24)30/h4-17H,1-3H3. The molecule has 0 radical (unpaired) electrons. The monoisotopic (exact) mass is 471 g/mol.